The fourth-order valence-corrected chi connectivity index (χ4v) is 3.50. The van der Waals surface area contributed by atoms with Crippen LogP contribution in [0.4, 0.5) is 14.9 Å². The van der Waals surface area contributed by atoms with Gasteiger partial charge < -0.3 is 15.2 Å². The zero-order valence-corrected chi connectivity index (χ0v) is 16.2. The predicted octanol–water partition coefficient (Wildman–Crippen LogP) is 3.75. The second-order valence-corrected chi connectivity index (χ2v) is 7.32. The van der Waals surface area contributed by atoms with E-state index in [9.17, 15) is 9.18 Å². The third-order valence-corrected chi connectivity index (χ3v) is 5.00. The average molecular weight is 395 g/mol. The van der Waals surface area contributed by atoms with Gasteiger partial charge in [0.25, 0.3) is 0 Å². The van der Waals surface area contributed by atoms with Crippen molar-refractivity contribution in [1.29, 1.82) is 0 Å². The molecule has 150 valence electrons. The third-order valence-electron chi connectivity index (χ3n) is 5.00. The number of hydrogen-bond acceptors (Lipinski definition) is 5. The van der Waals surface area contributed by atoms with Crippen molar-refractivity contribution >= 4 is 11.7 Å². The first-order chi connectivity index (χ1) is 14.0. The maximum Gasteiger partial charge on any atom is 0.319 e. The number of carbonyl (C=O) groups is 1. The van der Waals surface area contributed by atoms with Crippen LogP contribution in [0.2, 0.25) is 0 Å². The van der Waals surface area contributed by atoms with Crippen molar-refractivity contribution in [2.45, 2.75) is 25.4 Å². The van der Waals surface area contributed by atoms with E-state index in [-0.39, 0.29) is 18.1 Å². The van der Waals surface area contributed by atoms with Gasteiger partial charge in [0, 0.05) is 23.8 Å². The van der Waals surface area contributed by atoms with E-state index in [1.54, 1.807) is 12.1 Å². The topological polar surface area (TPSA) is 83.3 Å². The Kier molecular flexibility index (Phi) is 5.26. The van der Waals surface area contributed by atoms with Gasteiger partial charge >= 0.3 is 6.03 Å². The van der Waals surface area contributed by atoms with Crippen LogP contribution in [0.1, 0.15) is 23.9 Å². The lowest BCUT2D eigenvalue weighted by molar-refractivity contribution is 0.243. The molecular formula is C21H22FN5O2. The van der Waals surface area contributed by atoms with E-state index >= 15 is 0 Å². The molecule has 1 aliphatic heterocycles. The molecule has 2 N–H and O–H groups in total. The molecule has 2 amide bonds. The molecule has 2 atom stereocenters. The Balaban J connectivity index is 1.38. The lowest BCUT2D eigenvalue weighted by Crippen LogP contribution is -2.39. The number of halogens is 1. The maximum atomic E-state index is 13.3. The monoisotopic (exact) mass is 395 g/mol. The highest BCUT2D eigenvalue weighted by atomic mass is 19.1. The summed E-state index contributed by atoms with van der Waals surface area (Å²) in [5, 5.41) is 9.66. The van der Waals surface area contributed by atoms with Crippen LogP contribution in [-0.4, -0.2) is 40.7 Å². The van der Waals surface area contributed by atoms with E-state index in [0.29, 0.717) is 30.4 Å². The second kappa shape index (κ2) is 8.00. The number of nitrogens with zero attached hydrogens (tertiary/aromatic N) is 3. The standard InChI is InChI=1S/C21H22FN5O2/c1-13-6-8-14(9-7-13)19-25-20(29-26-19)18-11-17(12-27(18)2)24-21(28)23-16-5-3-4-15(22)10-16/h3-10,17-18H,11-12H2,1-2H3,(H2,23,24,28)/t17-,18-/m0/s1. The first kappa shape index (κ1) is 19.1. The van der Waals surface area contributed by atoms with Crippen LogP contribution in [0.15, 0.2) is 53.1 Å². The molecule has 0 saturated carbocycles. The third kappa shape index (κ3) is 4.43. The lowest BCUT2D eigenvalue weighted by Gasteiger charge is -2.14. The Morgan fingerprint density at radius 2 is 2.03 bits per heavy atom. The highest BCUT2D eigenvalue weighted by Crippen LogP contribution is 2.31. The number of benzene rings is 2. The Morgan fingerprint density at radius 3 is 2.79 bits per heavy atom. The van der Waals surface area contributed by atoms with Crippen molar-refractivity contribution in [3.05, 3.63) is 65.8 Å². The van der Waals surface area contributed by atoms with Gasteiger partial charge in [0.2, 0.25) is 11.7 Å². The van der Waals surface area contributed by atoms with Gasteiger partial charge in [0.1, 0.15) is 5.82 Å². The molecule has 4 rings (SSSR count). The molecule has 0 unspecified atom stereocenters. The number of aromatic nitrogens is 2. The van der Waals surface area contributed by atoms with Crippen molar-refractivity contribution in [1.82, 2.24) is 20.4 Å². The molecule has 0 aliphatic carbocycles. The van der Waals surface area contributed by atoms with E-state index in [4.69, 9.17) is 4.52 Å². The van der Waals surface area contributed by atoms with E-state index < -0.39 is 5.82 Å². The number of nitrogens with one attached hydrogen (secondary N) is 2. The highest BCUT2D eigenvalue weighted by Gasteiger charge is 2.35. The largest absolute Gasteiger partial charge is 0.337 e. The summed E-state index contributed by atoms with van der Waals surface area (Å²) in [6, 6.07) is 13.2. The molecule has 0 radical (unpaired) electrons. The number of hydrogen-bond donors (Lipinski definition) is 2. The summed E-state index contributed by atoms with van der Waals surface area (Å²) in [6.07, 6.45) is 0.641. The normalized spacial score (nSPS) is 19.3. The number of urea groups is 1. The SMILES string of the molecule is Cc1ccc(-c2noc([C@@H]3C[C@H](NC(=O)Nc4cccc(F)c4)CN3C)n2)cc1. The quantitative estimate of drug-likeness (QED) is 0.703. The molecule has 2 heterocycles. The molecule has 0 spiro atoms. The number of amides is 2. The van der Waals surface area contributed by atoms with Gasteiger partial charge in [-0.3, -0.25) is 4.90 Å². The molecule has 29 heavy (non-hydrogen) atoms. The minimum absolute atomic E-state index is 0.0823. The Hall–Kier alpha value is -3.26. The van der Waals surface area contributed by atoms with Crippen LogP contribution in [0.5, 0.6) is 0 Å². The van der Waals surface area contributed by atoms with Gasteiger partial charge in [0.05, 0.1) is 6.04 Å². The van der Waals surface area contributed by atoms with Crippen LogP contribution in [0.3, 0.4) is 0 Å². The van der Waals surface area contributed by atoms with Crippen LogP contribution < -0.4 is 10.6 Å². The Labute approximate surface area is 167 Å². The van der Waals surface area contributed by atoms with E-state index in [1.165, 1.54) is 17.7 Å². The van der Waals surface area contributed by atoms with E-state index in [1.807, 2.05) is 38.2 Å². The van der Waals surface area contributed by atoms with Gasteiger partial charge in [-0.05, 0) is 38.6 Å². The van der Waals surface area contributed by atoms with Gasteiger partial charge in [-0.25, -0.2) is 9.18 Å². The van der Waals surface area contributed by atoms with Gasteiger partial charge in [-0.15, -0.1) is 0 Å². The number of likely N-dealkylation sites (tertiary alicyclic amines) is 1. The minimum Gasteiger partial charge on any atom is -0.337 e. The number of anilines is 1. The number of aryl methyl sites for hydroxylation is 1. The van der Waals surface area contributed by atoms with Crippen molar-refractivity contribution < 1.29 is 13.7 Å². The van der Waals surface area contributed by atoms with Crippen molar-refractivity contribution in [2.75, 3.05) is 18.9 Å². The number of carbonyl (C=O) groups excluding carboxylic acids is 1. The summed E-state index contributed by atoms with van der Waals surface area (Å²) in [7, 11) is 1.95. The van der Waals surface area contributed by atoms with Crippen LogP contribution in [0.25, 0.3) is 11.4 Å². The summed E-state index contributed by atoms with van der Waals surface area (Å²) in [6.45, 7) is 2.67. The molecule has 1 saturated heterocycles. The van der Waals surface area contributed by atoms with Crippen LogP contribution >= 0.6 is 0 Å². The molecule has 8 heteroatoms. The fraction of sp³-hybridized carbons (Fsp3) is 0.286. The molecule has 3 aromatic rings. The molecular weight excluding hydrogens is 373 g/mol. The second-order valence-electron chi connectivity index (χ2n) is 7.32. The minimum atomic E-state index is -0.399. The summed E-state index contributed by atoms with van der Waals surface area (Å²) in [4.78, 5) is 18.8. The first-order valence-corrected chi connectivity index (χ1v) is 9.42. The maximum absolute atomic E-state index is 13.3. The molecule has 1 aromatic heterocycles. The van der Waals surface area contributed by atoms with Crippen molar-refractivity contribution in [3.8, 4) is 11.4 Å². The van der Waals surface area contributed by atoms with Crippen molar-refractivity contribution in [3.63, 3.8) is 0 Å². The fourth-order valence-electron chi connectivity index (χ4n) is 3.50. The summed E-state index contributed by atoms with van der Waals surface area (Å²) in [5.41, 5.74) is 2.47. The average Bonchev–Trinajstić information content (AvgIpc) is 3.29. The molecule has 1 fully saturated rings. The van der Waals surface area contributed by atoms with Crippen LogP contribution in [-0.2, 0) is 0 Å². The Bertz CT molecular complexity index is 1000. The molecule has 0 bridgehead atoms. The van der Waals surface area contributed by atoms with Gasteiger partial charge in [0.15, 0.2) is 0 Å². The van der Waals surface area contributed by atoms with Crippen LogP contribution in [0, 0.1) is 12.7 Å². The van der Waals surface area contributed by atoms with E-state index in [2.05, 4.69) is 25.7 Å². The smallest absolute Gasteiger partial charge is 0.319 e. The highest BCUT2D eigenvalue weighted by molar-refractivity contribution is 5.89. The Morgan fingerprint density at radius 1 is 1.24 bits per heavy atom. The zero-order valence-electron chi connectivity index (χ0n) is 16.2. The lowest BCUT2D eigenvalue weighted by atomic mass is 10.1. The zero-order chi connectivity index (χ0) is 20.4. The molecule has 1 aliphatic rings. The number of rotatable bonds is 4. The number of likely N-dealkylation sites (N-methyl/N-ethyl adjacent to an activating group) is 1. The van der Waals surface area contributed by atoms with Gasteiger partial charge in [-0.2, -0.15) is 4.98 Å². The molecule has 7 nitrogen and oxygen atoms in total. The van der Waals surface area contributed by atoms with E-state index in [0.717, 1.165) is 5.56 Å². The molecule has 2 aromatic carbocycles. The summed E-state index contributed by atoms with van der Waals surface area (Å²) in [5.74, 6) is 0.677. The van der Waals surface area contributed by atoms with Crippen molar-refractivity contribution in [2.24, 2.45) is 0 Å². The summed E-state index contributed by atoms with van der Waals surface area (Å²) >= 11 is 0. The first-order valence-electron chi connectivity index (χ1n) is 9.42. The van der Waals surface area contributed by atoms with Gasteiger partial charge in [-0.1, -0.05) is 41.1 Å². The predicted molar refractivity (Wildman–Crippen MR) is 107 cm³/mol. The summed E-state index contributed by atoms with van der Waals surface area (Å²) < 4.78 is 18.7.